The summed E-state index contributed by atoms with van der Waals surface area (Å²) in [6.45, 7) is -0.0710. The van der Waals surface area contributed by atoms with Crippen molar-refractivity contribution in [1.29, 1.82) is 0 Å². The number of alkyl halides is 5. The first-order valence-corrected chi connectivity index (χ1v) is 9.09. The van der Waals surface area contributed by atoms with Gasteiger partial charge in [-0.2, -0.15) is 13.2 Å². The Labute approximate surface area is 157 Å². The molecule has 1 saturated heterocycles. The van der Waals surface area contributed by atoms with E-state index in [4.69, 9.17) is 10.2 Å². The van der Waals surface area contributed by atoms with Crippen molar-refractivity contribution in [3.8, 4) is 0 Å². The van der Waals surface area contributed by atoms with Gasteiger partial charge < -0.3 is 15.1 Å². The first kappa shape index (κ1) is 19.2. The molecule has 9 heteroatoms. The highest BCUT2D eigenvalue weighted by Crippen LogP contribution is 2.51. The Morgan fingerprint density at radius 2 is 1.89 bits per heavy atom. The van der Waals surface area contributed by atoms with E-state index in [0.29, 0.717) is 17.4 Å². The van der Waals surface area contributed by atoms with E-state index in [2.05, 4.69) is 0 Å². The summed E-state index contributed by atoms with van der Waals surface area (Å²) < 4.78 is 72.2. The molecule has 2 aliphatic rings. The zero-order valence-electron chi connectivity index (χ0n) is 14.9. The van der Waals surface area contributed by atoms with E-state index < -0.39 is 23.6 Å². The van der Waals surface area contributed by atoms with Gasteiger partial charge in [0.05, 0.1) is 12.1 Å². The lowest BCUT2D eigenvalue weighted by Gasteiger charge is -2.32. The molecule has 1 amide bonds. The minimum absolute atomic E-state index is 0.0224. The van der Waals surface area contributed by atoms with Gasteiger partial charge in [-0.1, -0.05) is 0 Å². The lowest BCUT2D eigenvalue weighted by Crippen LogP contribution is -2.43. The average molecular weight is 402 g/mol. The molecule has 1 aliphatic carbocycles. The van der Waals surface area contributed by atoms with Gasteiger partial charge in [-0.15, -0.1) is 0 Å². The topological polar surface area (TPSA) is 59.5 Å². The molecule has 2 unspecified atom stereocenters. The van der Waals surface area contributed by atoms with Crippen LogP contribution in [0.1, 0.15) is 42.1 Å². The predicted octanol–water partition coefficient (Wildman–Crippen LogP) is 4.27. The molecule has 4 nitrogen and oxygen atoms in total. The van der Waals surface area contributed by atoms with E-state index in [1.807, 2.05) is 0 Å². The lowest BCUT2D eigenvalue weighted by atomic mass is 10.0. The predicted molar refractivity (Wildman–Crippen MR) is 90.7 cm³/mol. The van der Waals surface area contributed by atoms with Gasteiger partial charge in [0.2, 0.25) is 5.91 Å². The number of hydrogen-bond acceptors (Lipinski definition) is 3. The number of nitrogens with two attached hydrogens (primary N) is 1. The normalized spacial score (nSPS) is 24.6. The summed E-state index contributed by atoms with van der Waals surface area (Å²) in [7, 11) is 0. The number of benzene rings is 1. The van der Waals surface area contributed by atoms with Crippen LogP contribution < -0.4 is 5.73 Å². The molecule has 2 heterocycles. The van der Waals surface area contributed by atoms with Crippen molar-refractivity contribution in [3.05, 3.63) is 35.1 Å². The van der Waals surface area contributed by atoms with Gasteiger partial charge in [-0.05, 0) is 36.1 Å². The summed E-state index contributed by atoms with van der Waals surface area (Å²) >= 11 is 0. The number of hydrogen-bond donors (Lipinski definition) is 1. The minimum Gasteiger partial charge on any atom is -0.459 e. The lowest BCUT2D eigenvalue weighted by molar-refractivity contribution is -0.138. The van der Waals surface area contributed by atoms with Gasteiger partial charge in [-0.3, -0.25) is 4.79 Å². The quantitative estimate of drug-likeness (QED) is 0.780. The number of furan rings is 1. The number of piperidine rings is 1. The molecule has 152 valence electrons. The van der Waals surface area contributed by atoms with Gasteiger partial charge in [0.1, 0.15) is 11.3 Å². The Hall–Kier alpha value is -2.16. The van der Waals surface area contributed by atoms with Crippen molar-refractivity contribution in [2.45, 2.75) is 43.8 Å². The van der Waals surface area contributed by atoms with Gasteiger partial charge in [0, 0.05) is 37.2 Å². The number of nitrogens with zero attached hydrogens (tertiary/aromatic N) is 1. The zero-order chi connectivity index (χ0) is 20.3. The standard InChI is InChI=1S/C19H19F5N2O2/c20-18(21)1-3-26(4-2-18)17(27)14-8-13(14)10-5-11-6-12(9-25)28-16(11)15(7-10)19(22,23)24/h5-7,13-14H,1-4,8-9,25H2. The first-order chi connectivity index (χ1) is 13.1. The zero-order valence-corrected chi connectivity index (χ0v) is 14.9. The van der Waals surface area contributed by atoms with Crippen molar-refractivity contribution < 1.29 is 31.2 Å². The van der Waals surface area contributed by atoms with Crippen LogP contribution in [0.3, 0.4) is 0 Å². The molecule has 2 atom stereocenters. The average Bonchev–Trinajstić information content (AvgIpc) is 3.31. The second-order valence-corrected chi connectivity index (χ2v) is 7.53. The fraction of sp³-hybridized carbons (Fsp3) is 0.526. The largest absolute Gasteiger partial charge is 0.459 e. The van der Waals surface area contributed by atoms with Crippen molar-refractivity contribution in [2.24, 2.45) is 11.7 Å². The Morgan fingerprint density at radius 3 is 2.50 bits per heavy atom. The number of fused-ring (bicyclic) bond motifs is 1. The smallest absolute Gasteiger partial charge is 0.420 e. The Bertz CT molecular complexity index is 911. The maximum atomic E-state index is 13.5. The number of amides is 1. The monoisotopic (exact) mass is 402 g/mol. The molecule has 1 aliphatic heterocycles. The maximum Gasteiger partial charge on any atom is 0.420 e. The van der Waals surface area contributed by atoms with Gasteiger partial charge in [-0.25, -0.2) is 8.78 Å². The van der Waals surface area contributed by atoms with Crippen molar-refractivity contribution in [3.63, 3.8) is 0 Å². The van der Waals surface area contributed by atoms with Crippen LogP contribution in [0.2, 0.25) is 0 Å². The molecule has 0 spiro atoms. The Kier molecular flexibility index (Phi) is 4.41. The molecule has 1 aromatic heterocycles. The molecule has 2 N–H and O–H groups in total. The Morgan fingerprint density at radius 1 is 1.21 bits per heavy atom. The second kappa shape index (κ2) is 6.43. The number of rotatable bonds is 3. The van der Waals surface area contributed by atoms with E-state index >= 15 is 0 Å². The maximum absolute atomic E-state index is 13.5. The SMILES string of the molecule is NCc1cc2cc(C3CC3C(=O)N3CCC(F)(F)CC3)cc(C(F)(F)F)c2o1. The third kappa shape index (κ3) is 3.47. The summed E-state index contributed by atoms with van der Waals surface area (Å²) in [6, 6.07) is 4.09. The third-order valence-corrected chi connectivity index (χ3v) is 5.54. The molecule has 1 saturated carbocycles. The second-order valence-electron chi connectivity index (χ2n) is 7.53. The summed E-state index contributed by atoms with van der Waals surface area (Å²) in [5, 5.41) is 0.293. The summed E-state index contributed by atoms with van der Waals surface area (Å²) in [5.74, 6) is -3.59. The van der Waals surface area contributed by atoms with E-state index in [1.54, 1.807) is 6.07 Å². The van der Waals surface area contributed by atoms with Gasteiger partial charge >= 0.3 is 6.18 Å². The fourth-order valence-corrected chi connectivity index (χ4v) is 3.88. The Balaban J connectivity index is 1.58. The van der Waals surface area contributed by atoms with Crippen LogP contribution in [-0.2, 0) is 17.5 Å². The molecule has 2 aromatic rings. The molecule has 0 bridgehead atoms. The summed E-state index contributed by atoms with van der Waals surface area (Å²) in [5.41, 5.74) is 4.72. The van der Waals surface area contributed by atoms with Crippen LogP contribution in [-0.4, -0.2) is 29.8 Å². The van der Waals surface area contributed by atoms with E-state index in [9.17, 15) is 26.7 Å². The number of halogens is 5. The molecular weight excluding hydrogens is 383 g/mol. The number of likely N-dealkylation sites (tertiary alicyclic amines) is 1. The van der Waals surface area contributed by atoms with Crippen LogP contribution in [0.15, 0.2) is 22.6 Å². The minimum atomic E-state index is -4.61. The van der Waals surface area contributed by atoms with E-state index in [0.717, 1.165) is 6.07 Å². The number of carbonyl (C=O) groups excluding carboxylic acids is 1. The van der Waals surface area contributed by atoms with Crippen LogP contribution in [0.25, 0.3) is 11.0 Å². The molecule has 2 fully saturated rings. The summed E-state index contributed by atoms with van der Waals surface area (Å²) in [4.78, 5) is 14.0. The molecular formula is C19H19F5N2O2. The molecule has 1 aromatic carbocycles. The highest BCUT2D eigenvalue weighted by atomic mass is 19.4. The third-order valence-electron chi connectivity index (χ3n) is 5.54. The molecule has 0 radical (unpaired) electrons. The van der Waals surface area contributed by atoms with Gasteiger partial charge in [0.25, 0.3) is 5.92 Å². The van der Waals surface area contributed by atoms with Crippen molar-refractivity contribution >= 4 is 16.9 Å². The first-order valence-electron chi connectivity index (χ1n) is 9.09. The number of carbonyl (C=O) groups is 1. The van der Waals surface area contributed by atoms with Crippen LogP contribution in [0.4, 0.5) is 22.0 Å². The molecule has 28 heavy (non-hydrogen) atoms. The molecule has 4 rings (SSSR count). The van der Waals surface area contributed by atoms with Crippen LogP contribution in [0, 0.1) is 5.92 Å². The van der Waals surface area contributed by atoms with Gasteiger partial charge in [0.15, 0.2) is 0 Å². The highest BCUT2D eigenvalue weighted by molar-refractivity contribution is 5.86. The highest BCUT2D eigenvalue weighted by Gasteiger charge is 2.48. The van der Waals surface area contributed by atoms with Crippen molar-refractivity contribution in [1.82, 2.24) is 4.90 Å². The van der Waals surface area contributed by atoms with Crippen LogP contribution in [0.5, 0.6) is 0 Å². The van der Waals surface area contributed by atoms with E-state index in [-0.39, 0.29) is 55.6 Å². The van der Waals surface area contributed by atoms with Crippen molar-refractivity contribution in [2.75, 3.05) is 13.1 Å². The summed E-state index contributed by atoms with van der Waals surface area (Å²) in [6.07, 6.45) is -4.95. The fourth-order valence-electron chi connectivity index (χ4n) is 3.88. The van der Waals surface area contributed by atoms with E-state index in [1.165, 1.54) is 11.0 Å². The van der Waals surface area contributed by atoms with Crippen LogP contribution >= 0.6 is 0 Å².